The number of sulfone groups is 1. The molecule has 0 aliphatic carbocycles. The molecule has 6 nitrogen and oxygen atoms in total. The molecule has 0 amide bonds. The summed E-state index contributed by atoms with van der Waals surface area (Å²) in [6.07, 6.45) is -2.66. The Balaban J connectivity index is 1.44. The molecule has 1 unspecified atom stereocenters. The van der Waals surface area contributed by atoms with Gasteiger partial charge in [0, 0.05) is 0 Å². The van der Waals surface area contributed by atoms with Crippen LogP contribution in [0.5, 0.6) is 0 Å². The molecule has 0 radical (unpaired) electrons. The fourth-order valence-electron chi connectivity index (χ4n) is 5.01. The Morgan fingerprint density at radius 3 is 1.29 bits per heavy atom. The third-order valence-corrected chi connectivity index (χ3v) is 10.4. The minimum Gasteiger partial charge on any atom is -0.375 e. The van der Waals surface area contributed by atoms with Gasteiger partial charge < -0.3 is 18.9 Å². The molecule has 1 fully saturated rings. The van der Waals surface area contributed by atoms with Crippen LogP contribution in [0.1, 0.15) is 22.3 Å². The summed E-state index contributed by atoms with van der Waals surface area (Å²) in [5.41, 5.74) is 3.69. The predicted octanol–water partition coefficient (Wildman–Crippen LogP) is 6.32. The van der Waals surface area contributed by atoms with E-state index in [0.29, 0.717) is 0 Å². The Bertz CT molecular complexity index is 1460. The number of hydrogen-bond donors (Lipinski definition) is 0. The summed E-state index contributed by atoms with van der Waals surface area (Å²) < 4.78 is 51.8. The Morgan fingerprint density at radius 1 is 0.500 bits per heavy atom. The number of rotatable bonds is 13. The molecule has 0 spiro atoms. The van der Waals surface area contributed by atoms with Gasteiger partial charge in [0.05, 0.1) is 33.0 Å². The predicted molar refractivity (Wildman–Crippen MR) is 164 cm³/mol. The molecule has 0 aromatic heterocycles. The largest absolute Gasteiger partial charge is 0.375 e. The van der Waals surface area contributed by atoms with Gasteiger partial charge in [-0.3, -0.25) is 0 Å². The first kappa shape index (κ1) is 30.4. The molecule has 1 aliphatic rings. The molecule has 5 atom stereocenters. The van der Waals surface area contributed by atoms with Crippen molar-refractivity contribution >= 4 is 21.4 Å². The fourth-order valence-corrected chi connectivity index (χ4v) is 7.45. The molecule has 1 saturated heterocycles. The van der Waals surface area contributed by atoms with Gasteiger partial charge in [-0.1, -0.05) is 121 Å². The number of benzene rings is 4. The zero-order chi connectivity index (χ0) is 29.2. The van der Waals surface area contributed by atoms with E-state index in [0.717, 1.165) is 22.3 Å². The molecule has 220 valence electrons. The van der Waals surface area contributed by atoms with Crippen molar-refractivity contribution < 1.29 is 27.4 Å². The third-order valence-electron chi connectivity index (χ3n) is 7.26. The molecular formula is C34H35ClO6S. The standard InChI is InChI=1S/C34H35ClO6S/c35-34-33(41-24-29-19-11-4-12-20-29)32(40-23-28-17-9-3-10-18-28)31(39-22-27-15-7-2-8-16-27)30(42(34,36)37)25-38-21-26-13-5-1-6-14-26/h1-20,30-34H,21-25H2/t30-,31-,32+,33-,34?/m1/s1. The first-order chi connectivity index (χ1) is 20.5. The van der Waals surface area contributed by atoms with Gasteiger partial charge in [-0.05, 0) is 22.3 Å². The van der Waals surface area contributed by atoms with E-state index in [1.54, 1.807) is 0 Å². The fraction of sp³-hybridized carbons (Fsp3) is 0.294. The van der Waals surface area contributed by atoms with Crippen molar-refractivity contribution in [2.45, 2.75) is 54.7 Å². The van der Waals surface area contributed by atoms with Gasteiger partial charge >= 0.3 is 0 Å². The second kappa shape index (κ2) is 14.9. The van der Waals surface area contributed by atoms with Crippen LogP contribution in [0.2, 0.25) is 0 Å². The third kappa shape index (κ3) is 7.86. The van der Waals surface area contributed by atoms with Crippen LogP contribution in [0.25, 0.3) is 0 Å². The van der Waals surface area contributed by atoms with E-state index in [4.69, 9.17) is 30.5 Å². The van der Waals surface area contributed by atoms with Crippen molar-refractivity contribution in [2.24, 2.45) is 0 Å². The van der Waals surface area contributed by atoms with Crippen molar-refractivity contribution in [2.75, 3.05) is 6.61 Å². The van der Waals surface area contributed by atoms with Crippen molar-refractivity contribution in [1.29, 1.82) is 0 Å². The van der Waals surface area contributed by atoms with Gasteiger partial charge in [-0.2, -0.15) is 0 Å². The van der Waals surface area contributed by atoms with Crippen LogP contribution in [0.3, 0.4) is 0 Å². The lowest BCUT2D eigenvalue weighted by atomic mass is 10.0. The maximum absolute atomic E-state index is 14.0. The highest BCUT2D eigenvalue weighted by Gasteiger charge is 2.56. The first-order valence-corrected chi connectivity index (χ1v) is 16.0. The van der Waals surface area contributed by atoms with Gasteiger partial charge in [0.25, 0.3) is 0 Å². The van der Waals surface area contributed by atoms with Crippen molar-refractivity contribution in [3.63, 3.8) is 0 Å². The van der Waals surface area contributed by atoms with Crippen LogP contribution in [0.15, 0.2) is 121 Å². The van der Waals surface area contributed by atoms with Crippen LogP contribution >= 0.6 is 11.6 Å². The van der Waals surface area contributed by atoms with Crippen LogP contribution in [-0.2, 0) is 55.2 Å². The second-order valence-corrected chi connectivity index (χ2v) is 13.3. The molecule has 1 aliphatic heterocycles. The Labute approximate surface area is 253 Å². The zero-order valence-electron chi connectivity index (χ0n) is 23.2. The SMILES string of the molecule is O=S1(=O)C(Cl)[C@H](OCc2ccccc2)[C@@H](OCc2ccccc2)[C@H](OCc2ccccc2)[C@H]1COCc1ccccc1. The van der Waals surface area contributed by atoms with Gasteiger partial charge in [0.15, 0.2) is 14.5 Å². The van der Waals surface area contributed by atoms with E-state index in [-0.39, 0.29) is 33.0 Å². The summed E-state index contributed by atoms with van der Waals surface area (Å²) >= 11 is 6.79. The maximum Gasteiger partial charge on any atom is 0.177 e. The molecule has 8 heteroatoms. The molecule has 0 saturated carbocycles. The van der Waals surface area contributed by atoms with Crippen LogP contribution < -0.4 is 0 Å². The number of hydrogen-bond acceptors (Lipinski definition) is 6. The van der Waals surface area contributed by atoms with E-state index in [1.165, 1.54) is 0 Å². The molecule has 0 N–H and O–H groups in total. The lowest BCUT2D eigenvalue weighted by molar-refractivity contribution is -0.157. The smallest absolute Gasteiger partial charge is 0.177 e. The molecule has 1 heterocycles. The van der Waals surface area contributed by atoms with E-state index >= 15 is 0 Å². The molecule has 4 aromatic rings. The lowest BCUT2D eigenvalue weighted by Crippen LogP contribution is -2.63. The highest BCUT2D eigenvalue weighted by Crippen LogP contribution is 2.36. The Morgan fingerprint density at radius 2 is 0.857 bits per heavy atom. The molecular weight excluding hydrogens is 572 g/mol. The van der Waals surface area contributed by atoms with Gasteiger partial charge in [-0.25, -0.2) is 8.42 Å². The van der Waals surface area contributed by atoms with Crippen molar-refractivity contribution in [3.8, 4) is 0 Å². The zero-order valence-corrected chi connectivity index (χ0v) is 24.8. The maximum atomic E-state index is 14.0. The number of halogens is 1. The quantitative estimate of drug-likeness (QED) is 0.166. The first-order valence-electron chi connectivity index (χ1n) is 14.0. The van der Waals surface area contributed by atoms with Crippen molar-refractivity contribution in [3.05, 3.63) is 144 Å². The van der Waals surface area contributed by atoms with E-state index < -0.39 is 38.1 Å². The highest BCUT2D eigenvalue weighted by atomic mass is 35.5. The van der Waals surface area contributed by atoms with E-state index in [1.807, 2.05) is 121 Å². The van der Waals surface area contributed by atoms with E-state index in [9.17, 15) is 8.42 Å². The molecule has 5 rings (SSSR count). The summed E-state index contributed by atoms with van der Waals surface area (Å²) in [5, 5.41) is -1.07. The average molecular weight is 607 g/mol. The normalized spacial score (nSPS) is 23.4. The van der Waals surface area contributed by atoms with Gasteiger partial charge in [0.1, 0.15) is 23.6 Å². The Kier molecular flexibility index (Phi) is 10.8. The summed E-state index contributed by atoms with van der Waals surface area (Å²) in [6.45, 7) is 0.768. The monoisotopic (exact) mass is 606 g/mol. The van der Waals surface area contributed by atoms with Crippen molar-refractivity contribution in [1.82, 2.24) is 0 Å². The minimum atomic E-state index is -3.97. The molecule has 0 bridgehead atoms. The number of alkyl halides is 1. The van der Waals surface area contributed by atoms with Crippen LogP contribution in [0, 0.1) is 0 Å². The summed E-state index contributed by atoms with van der Waals surface area (Å²) in [4.78, 5) is 0. The second-order valence-electron chi connectivity index (χ2n) is 10.3. The highest BCUT2D eigenvalue weighted by molar-refractivity contribution is 7.94. The average Bonchev–Trinajstić information content (AvgIpc) is 3.03. The molecule has 42 heavy (non-hydrogen) atoms. The molecule has 4 aromatic carbocycles. The topological polar surface area (TPSA) is 71.1 Å². The van der Waals surface area contributed by atoms with Gasteiger partial charge in [-0.15, -0.1) is 11.6 Å². The summed E-state index contributed by atoms with van der Waals surface area (Å²) in [5.74, 6) is 0. The van der Waals surface area contributed by atoms with Crippen LogP contribution in [-0.4, -0.2) is 43.3 Å². The lowest BCUT2D eigenvalue weighted by Gasteiger charge is -2.44. The number of ether oxygens (including phenoxy) is 4. The summed E-state index contributed by atoms with van der Waals surface area (Å²) in [6, 6.07) is 38.5. The Hall–Kier alpha value is -3.04. The van der Waals surface area contributed by atoms with Gasteiger partial charge in [0.2, 0.25) is 0 Å². The van der Waals surface area contributed by atoms with Crippen LogP contribution in [0.4, 0.5) is 0 Å². The summed E-state index contributed by atoms with van der Waals surface area (Å²) in [7, 11) is -3.97. The minimum absolute atomic E-state index is 0.101. The van der Waals surface area contributed by atoms with E-state index in [2.05, 4.69) is 0 Å².